The molecule has 0 spiro atoms. The fourth-order valence-electron chi connectivity index (χ4n) is 2.06. The Labute approximate surface area is 120 Å². The van der Waals surface area contributed by atoms with Crippen LogP contribution in [0.2, 0.25) is 5.02 Å². The smallest absolute Gasteiger partial charge is 0.224 e. The summed E-state index contributed by atoms with van der Waals surface area (Å²) in [6.07, 6.45) is 7.64. The standard InChI is InChI=1S/C14H23ClN4/c1-3-5-9-19(11-6-7-11)13-12(15)10-17-14(18-13)16-8-4-2/h10-11H,3-9H2,1-2H3,(H,16,17,18). The van der Waals surface area contributed by atoms with Crippen LogP contribution in [0, 0.1) is 0 Å². The summed E-state index contributed by atoms with van der Waals surface area (Å²) < 4.78 is 0. The largest absolute Gasteiger partial charge is 0.354 e. The number of unbranched alkanes of at least 4 members (excludes halogenated alkanes) is 1. The highest BCUT2D eigenvalue weighted by molar-refractivity contribution is 6.32. The zero-order valence-corrected chi connectivity index (χ0v) is 12.6. The number of halogens is 1. The van der Waals surface area contributed by atoms with Gasteiger partial charge in [0.25, 0.3) is 0 Å². The molecule has 1 fully saturated rings. The Morgan fingerprint density at radius 3 is 2.79 bits per heavy atom. The number of rotatable bonds is 8. The molecule has 0 aromatic carbocycles. The molecule has 1 aromatic heterocycles. The number of hydrogen-bond donors (Lipinski definition) is 1. The van der Waals surface area contributed by atoms with E-state index >= 15 is 0 Å². The van der Waals surface area contributed by atoms with Crippen LogP contribution in [0.3, 0.4) is 0 Å². The van der Waals surface area contributed by atoms with Crippen molar-refractivity contribution in [3.63, 3.8) is 0 Å². The third-order valence-electron chi connectivity index (χ3n) is 3.27. The van der Waals surface area contributed by atoms with E-state index in [9.17, 15) is 0 Å². The van der Waals surface area contributed by atoms with Gasteiger partial charge in [-0.2, -0.15) is 4.98 Å². The van der Waals surface area contributed by atoms with E-state index < -0.39 is 0 Å². The van der Waals surface area contributed by atoms with Crippen LogP contribution in [0.4, 0.5) is 11.8 Å². The Morgan fingerprint density at radius 2 is 2.16 bits per heavy atom. The van der Waals surface area contributed by atoms with Gasteiger partial charge in [-0.15, -0.1) is 0 Å². The second-order valence-corrected chi connectivity index (χ2v) is 5.48. The fourth-order valence-corrected chi connectivity index (χ4v) is 2.26. The van der Waals surface area contributed by atoms with Crippen molar-refractivity contribution in [2.45, 2.75) is 52.0 Å². The minimum absolute atomic E-state index is 0.623. The Bertz CT molecular complexity index is 406. The van der Waals surface area contributed by atoms with Gasteiger partial charge in [-0.25, -0.2) is 4.98 Å². The van der Waals surface area contributed by atoms with Gasteiger partial charge in [0, 0.05) is 19.1 Å². The molecule has 0 radical (unpaired) electrons. The van der Waals surface area contributed by atoms with E-state index in [0.717, 1.165) is 25.3 Å². The molecular weight excluding hydrogens is 260 g/mol. The van der Waals surface area contributed by atoms with Crippen LogP contribution in [-0.4, -0.2) is 29.1 Å². The van der Waals surface area contributed by atoms with Crippen LogP contribution < -0.4 is 10.2 Å². The second kappa shape index (κ2) is 6.94. The first-order valence-electron chi connectivity index (χ1n) is 7.29. The zero-order chi connectivity index (χ0) is 13.7. The van der Waals surface area contributed by atoms with Gasteiger partial charge in [-0.1, -0.05) is 31.9 Å². The van der Waals surface area contributed by atoms with Crippen molar-refractivity contribution in [3.05, 3.63) is 11.2 Å². The minimum Gasteiger partial charge on any atom is -0.354 e. The van der Waals surface area contributed by atoms with Crippen LogP contribution >= 0.6 is 11.6 Å². The topological polar surface area (TPSA) is 41.1 Å². The van der Waals surface area contributed by atoms with Crippen molar-refractivity contribution >= 4 is 23.4 Å². The monoisotopic (exact) mass is 282 g/mol. The highest BCUT2D eigenvalue weighted by Gasteiger charge is 2.31. The summed E-state index contributed by atoms with van der Waals surface area (Å²) in [5.74, 6) is 1.58. The molecular formula is C14H23ClN4. The summed E-state index contributed by atoms with van der Waals surface area (Å²) in [5.41, 5.74) is 0. The van der Waals surface area contributed by atoms with Crippen molar-refractivity contribution in [2.75, 3.05) is 23.3 Å². The van der Waals surface area contributed by atoms with Crippen LogP contribution in [0.15, 0.2) is 6.20 Å². The summed E-state index contributed by atoms with van der Waals surface area (Å²) in [4.78, 5) is 11.2. The first kappa shape index (κ1) is 14.4. The highest BCUT2D eigenvalue weighted by atomic mass is 35.5. The van der Waals surface area contributed by atoms with Crippen LogP contribution in [0.5, 0.6) is 0 Å². The number of hydrogen-bond acceptors (Lipinski definition) is 4. The van der Waals surface area contributed by atoms with Crippen LogP contribution in [0.1, 0.15) is 46.0 Å². The van der Waals surface area contributed by atoms with E-state index in [4.69, 9.17) is 11.6 Å². The van der Waals surface area contributed by atoms with Gasteiger partial charge in [0.2, 0.25) is 5.95 Å². The Balaban J connectivity index is 2.14. The molecule has 0 saturated heterocycles. The Hall–Kier alpha value is -1.03. The Kier molecular flexibility index (Phi) is 5.25. The molecule has 106 valence electrons. The van der Waals surface area contributed by atoms with Crippen molar-refractivity contribution in [3.8, 4) is 0 Å². The maximum absolute atomic E-state index is 6.28. The van der Waals surface area contributed by atoms with Gasteiger partial charge in [0.15, 0.2) is 5.82 Å². The summed E-state index contributed by atoms with van der Waals surface area (Å²) in [5, 5.41) is 3.88. The van der Waals surface area contributed by atoms with E-state index in [-0.39, 0.29) is 0 Å². The van der Waals surface area contributed by atoms with Crippen molar-refractivity contribution in [2.24, 2.45) is 0 Å². The summed E-state index contributed by atoms with van der Waals surface area (Å²) >= 11 is 6.28. The van der Waals surface area contributed by atoms with E-state index in [1.165, 1.54) is 25.7 Å². The lowest BCUT2D eigenvalue weighted by atomic mass is 10.3. The lowest BCUT2D eigenvalue weighted by Gasteiger charge is -2.24. The molecule has 0 aliphatic heterocycles. The average molecular weight is 283 g/mol. The highest BCUT2D eigenvalue weighted by Crippen LogP contribution is 2.34. The zero-order valence-electron chi connectivity index (χ0n) is 11.8. The second-order valence-electron chi connectivity index (χ2n) is 5.07. The lowest BCUT2D eigenvalue weighted by Crippen LogP contribution is -2.28. The molecule has 0 bridgehead atoms. The summed E-state index contributed by atoms with van der Waals surface area (Å²) in [6, 6.07) is 0.623. The third-order valence-corrected chi connectivity index (χ3v) is 3.54. The van der Waals surface area contributed by atoms with Gasteiger partial charge in [0.1, 0.15) is 5.02 Å². The number of nitrogens with one attached hydrogen (secondary N) is 1. The molecule has 5 heteroatoms. The number of aromatic nitrogens is 2. The lowest BCUT2D eigenvalue weighted by molar-refractivity contribution is 0.704. The normalized spacial score (nSPS) is 14.5. The molecule has 1 aromatic rings. The third kappa shape index (κ3) is 3.96. The van der Waals surface area contributed by atoms with Crippen molar-refractivity contribution < 1.29 is 0 Å². The maximum Gasteiger partial charge on any atom is 0.224 e. The van der Waals surface area contributed by atoms with Gasteiger partial charge in [0.05, 0.1) is 6.20 Å². The van der Waals surface area contributed by atoms with Crippen molar-refractivity contribution in [1.29, 1.82) is 0 Å². The first-order chi connectivity index (χ1) is 9.26. The molecule has 1 aliphatic rings. The maximum atomic E-state index is 6.28. The fraction of sp³-hybridized carbons (Fsp3) is 0.714. The minimum atomic E-state index is 0.623. The molecule has 0 atom stereocenters. The average Bonchev–Trinajstić information content (AvgIpc) is 3.24. The molecule has 0 unspecified atom stereocenters. The molecule has 1 saturated carbocycles. The summed E-state index contributed by atoms with van der Waals surface area (Å²) in [6.45, 7) is 6.26. The molecule has 19 heavy (non-hydrogen) atoms. The summed E-state index contributed by atoms with van der Waals surface area (Å²) in [7, 11) is 0. The van der Waals surface area contributed by atoms with E-state index in [1.54, 1.807) is 6.20 Å². The predicted octanol–water partition coefficient (Wildman–Crippen LogP) is 3.72. The van der Waals surface area contributed by atoms with Gasteiger partial charge < -0.3 is 10.2 Å². The molecule has 1 heterocycles. The van der Waals surface area contributed by atoms with Crippen LogP contribution in [0.25, 0.3) is 0 Å². The number of nitrogens with zero attached hydrogens (tertiary/aromatic N) is 3. The molecule has 1 N–H and O–H groups in total. The SMILES string of the molecule is CCCCN(c1nc(NCCC)ncc1Cl)C1CC1. The predicted molar refractivity (Wildman–Crippen MR) is 81.1 cm³/mol. The first-order valence-corrected chi connectivity index (χ1v) is 7.67. The van der Waals surface area contributed by atoms with Gasteiger partial charge in [-0.3, -0.25) is 0 Å². The molecule has 1 aliphatic carbocycles. The quantitative estimate of drug-likeness (QED) is 0.789. The van der Waals surface area contributed by atoms with Gasteiger partial charge >= 0.3 is 0 Å². The molecule has 2 rings (SSSR count). The van der Waals surface area contributed by atoms with Crippen molar-refractivity contribution in [1.82, 2.24) is 9.97 Å². The Morgan fingerprint density at radius 1 is 1.37 bits per heavy atom. The van der Waals surface area contributed by atoms with E-state index in [2.05, 4.69) is 34.0 Å². The van der Waals surface area contributed by atoms with Crippen LogP contribution in [-0.2, 0) is 0 Å². The van der Waals surface area contributed by atoms with E-state index in [1.807, 2.05) is 0 Å². The molecule has 0 amide bonds. The number of anilines is 2. The van der Waals surface area contributed by atoms with Gasteiger partial charge in [-0.05, 0) is 25.7 Å². The van der Waals surface area contributed by atoms with E-state index in [0.29, 0.717) is 17.0 Å². The molecule has 4 nitrogen and oxygen atoms in total.